The molecule has 0 aliphatic carbocycles. The van der Waals surface area contributed by atoms with E-state index in [1.165, 1.54) is 29.2 Å². The molecule has 2 rings (SSSR count). The van der Waals surface area contributed by atoms with E-state index >= 15 is 0 Å². The first-order chi connectivity index (χ1) is 8.54. The van der Waals surface area contributed by atoms with Gasteiger partial charge in [0.15, 0.2) is 5.16 Å². The Labute approximate surface area is 111 Å². The molecular formula is C10H10N4O2S2. The number of nitrogens with zero attached hydrogens (tertiary/aromatic N) is 2. The Morgan fingerprint density at radius 3 is 2.56 bits per heavy atom. The van der Waals surface area contributed by atoms with E-state index in [2.05, 4.69) is 9.97 Å². The highest BCUT2D eigenvalue weighted by Gasteiger charge is 2.08. The highest BCUT2D eigenvalue weighted by molar-refractivity contribution is 7.98. The maximum absolute atomic E-state index is 10.7. The zero-order valence-electron chi connectivity index (χ0n) is 9.16. The van der Waals surface area contributed by atoms with Crippen molar-refractivity contribution in [2.45, 2.75) is 10.9 Å². The summed E-state index contributed by atoms with van der Waals surface area (Å²) in [5, 5.41) is 9.29. The third-order valence-corrected chi connectivity index (χ3v) is 4.11. The molecule has 2 heterocycles. The monoisotopic (exact) mass is 282 g/mol. The molecule has 0 radical (unpaired) electrons. The van der Waals surface area contributed by atoms with Gasteiger partial charge in [0.1, 0.15) is 16.5 Å². The van der Waals surface area contributed by atoms with Crippen LogP contribution in [0, 0.1) is 0 Å². The van der Waals surface area contributed by atoms with Gasteiger partial charge < -0.3 is 16.6 Å². The van der Waals surface area contributed by atoms with Crippen molar-refractivity contribution in [3.8, 4) is 0 Å². The summed E-state index contributed by atoms with van der Waals surface area (Å²) in [7, 11) is 0. The first-order valence-corrected chi connectivity index (χ1v) is 6.69. The molecule has 0 atom stereocenters. The van der Waals surface area contributed by atoms with Crippen molar-refractivity contribution >= 4 is 40.7 Å². The van der Waals surface area contributed by atoms with Crippen molar-refractivity contribution in [2.24, 2.45) is 0 Å². The number of thiophene rings is 1. The van der Waals surface area contributed by atoms with Crippen molar-refractivity contribution < 1.29 is 9.90 Å². The van der Waals surface area contributed by atoms with Gasteiger partial charge in [0.2, 0.25) is 0 Å². The van der Waals surface area contributed by atoms with Crippen LogP contribution in [0.4, 0.5) is 11.6 Å². The summed E-state index contributed by atoms with van der Waals surface area (Å²) in [5.74, 6) is 0.311. The van der Waals surface area contributed by atoms with Gasteiger partial charge >= 0.3 is 5.97 Å². The summed E-state index contributed by atoms with van der Waals surface area (Å²) in [6.45, 7) is 0. The molecule has 0 saturated heterocycles. The van der Waals surface area contributed by atoms with Crippen LogP contribution in [0.2, 0.25) is 0 Å². The largest absolute Gasteiger partial charge is 0.477 e. The number of nitrogen functional groups attached to an aromatic ring is 2. The lowest BCUT2D eigenvalue weighted by Crippen LogP contribution is -1.99. The zero-order chi connectivity index (χ0) is 13.1. The topological polar surface area (TPSA) is 115 Å². The third kappa shape index (κ3) is 3.11. The van der Waals surface area contributed by atoms with Crippen LogP contribution in [0.1, 0.15) is 14.5 Å². The van der Waals surface area contributed by atoms with E-state index in [-0.39, 0.29) is 0 Å². The summed E-state index contributed by atoms with van der Waals surface area (Å²) >= 11 is 2.59. The molecule has 8 heteroatoms. The smallest absolute Gasteiger partial charge is 0.345 e. The van der Waals surface area contributed by atoms with Crippen molar-refractivity contribution in [3.05, 3.63) is 28.0 Å². The van der Waals surface area contributed by atoms with Crippen LogP contribution < -0.4 is 11.5 Å². The van der Waals surface area contributed by atoms with Gasteiger partial charge in [-0.05, 0) is 12.1 Å². The number of rotatable bonds is 4. The average molecular weight is 282 g/mol. The van der Waals surface area contributed by atoms with Gasteiger partial charge in [0.25, 0.3) is 0 Å². The number of hydrogen-bond acceptors (Lipinski definition) is 7. The van der Waals surface area contributed by atoms with Crippen LogP contribution in [0.15, 0.2) is 23.4 Å². The Kier molecular flexibility index (Phi) is 3.68. The molecule has 2 aromatic heterocycles. The second-order valence-corrected chi connectivity index (χ2v) is 5.47. The van der Waals surface area contributed by atoms with Gasteiger partial charge in [-0.1, -0.05) is 11.8 Å². The van der Waals surface area contributed by atoms with E-state index < -0.39 is 5.97 Å². The number of aromatic nitrogens is 2. The molecule has 0 amide bonds. The quantitative estimate of drug-likeness (QED) is 0.577. The van der Waals surface area contributed by atoms with Crippen molar-refractivity contribution in [1.82, 2.24) is 9.97 Å². The van der Waals surface area contributed by atoms with Crippen LogP contribution in [0.25, 0.3) is 0 Å². The minimum Gasteiger partial charge on any atom is -0.477 e. The Balaban J connectivity index is 2.04. The Hall–Kier alpha value is -1.80. The summed E-state index contributed by atoms with van der Waals surface area (Å²) in [6.07, 6.45) is 0. The van der Waals surface area contributed by atoms with Crippen LogP contribution in [-0.4, -0.2) is 21.0 Å². The SMILES string of the molecule is Nc1cc(N)nc(SCc2ccc(C(=O)O)s2)n1. The fourth-order valence-corrected chi connectivity index (χ4v) is 2.99. The molecule has 0 aliphatic rings. The van der Waals surface area contributed by atoms with Crippen molar-refractivity contribution in [2.75, 3.05) is 11.5 Å². The van der Waals surface area contributed by atoms with E-state index in [1.807, 2.05) is 0 Å². The number of carboxylic acids is 1. The van der Waals surface area contributed by atoms with Gasteiger partial charge in [-0.3, -0.25) is 0 Å². The molecule has 6 nitrogen and oxygen atoms in total. The molecule has 0 aliphatic heterocycles. The maximum Gasteiger partial charge on any atom is 0.345 e. The zero-order valence-corrected chi connectivity index (χ0v) is 10.8. The number of carboxylic acid groups (broad SMARTS) is 1. The van der Waals surface area contributed by atoms with Crippen LogP contribution >= 0.6 is 23.1 Å². The third-order valence-electron chi connectivity index (χ3n) is 1.96. The molecule has 18 heavy (non-hydrogen) atoms. The van der Waals surface area contributed by atoms with Crippen molar-refractivity contribution in [3.63, 3.8) is 0 Å². The van der Waals surface area contributed by atoms with Gasteiger partial charge in [0.05, 0.1) is 0 Å². The number of thioether (sulfide) groups is 1. The minimum atomic E-state index is -0.916. The normalized spacial score (nSPS) is 10.4. The van der Waals surface area contributed by atoms with E-state index in [4.69, 9.17) is 16.6 Å². The van der Waals surface area contributed by atoms with Crippen LogP contribution in [-0.2, 0) is 5.75 Å². The number of anilines is 2. The number of nitrogens with two attached hydrogens (primary N) is 2. The molecule has 2 aromatic rings. The van der Waals surface area contributed by atoms with Crippen LogP contribution in [0.5, 0.6) is 0 Å². The summed E-state index contributed by atoms with van der Waals surface area (Å²) in [5.41, 5.74) is 11.1. The lowest BCUT2D eigenvalue weighted by atomic mass is 10.4. The number of aromatic carboxylic acids is 1. The highest BCUT2D eigenvalue weighted by atomic mass is 32.2. The second kappa shape index (κ2) is 5.23. The van der Waals surface area contributed by atoms with Gasteiger partial charge in [-0.2, -0.15) is 0 Å². The summed E-state index contributed by atoms with van der Waals surface area (Å²) in [6, 6.07) is 4.84. The lowest BCUT2D eigenvalue weighted by molar-refractivity contribution is 0.0702. The van der Waals surface area contributed by atoms with Gasteiger partial charge in [-0.15, -0.1) is 11.3 Å². The van der Waals surface area contributed by atoms with E-state index in [9.17, 15) is 4.79 Å². The average Bonchev–Trinajstić information content (AvgIpc) is 2.73. The summed E-state index contributed by atoms with van der Waals surface area (Å²) in [4.78, 5) is 20.0. The molecule has 0 fully saturated rings. The Morgan fingerprint density at radius 2 is 2.00 bits per heavy atom. The van der Waals surface area contributed by atoms with Gasteiger partial charge in [0, 0.05) is 16.7 Å². The number of hydrogen-bond donors (Lipinski definition) is 3. The highest BCUT2D eigenvalue weighted by Crippen LogP contribution is 2.25. The molecule has 0 spiro atoms. The Bertz CT molecular complexity index is 565. The molecule has 0 saturated carbocycles. The lowest BCUT2D eigenvalue weighted by Gasteiger charge is -2.01. The molecule has 5 N–H and O–H groups in total. The molecule has 0 unspecified atom stereocenters. The van der Waals surface area contributed by atoms with Crippen molar-refractivity contribution in [1.29, 1.82) is 0 Å². The number of carbonyl (C=O) groups is 1. The van der Waals surface area contributed by atoms with E-state index in [1.54, 1.807) is 12.1 Å². The predicted octanol–water partition coefficient (Wildman–Crippen LogP) is 1.69. The first-order valence-electron chi connectivity index (χ1n) is 4.89. The van der Waals surface area contributed by atoms with E-state index in [0.717, 1.165) is 4.88 Å². The molecule has 94 valence electrons. The first kappa shape index (κ1) is 12.7. The predicted molar refractivity (Wildman–Crippen MR) is 71.7 cm³/mol. The Morgan fingerprint density at radius 1 is 1.33 bits per heavy atom. The minimum absolute atomic E-state index is 0.318. The molecule has 0 aromatic carbocycles. The fraction of sp³-hybridized carbons (Fsp3) is 0.100. The fourth-order valence-electron chi connectivity index (χ4n) is 1.23. The van der Waals surface area contributed by atoms with Crippen LogP contribution in [0.3, 0.4) is 0 Å². The molecule has 0 bridgehead atoms. The van der Waals surface area contributed by atoms with E-state index in [0.29, 0.717) is 27.4 Å². The second-order valence-electron chi connectivity index (χ2n) is 3.36. The standard InChI is InChI=1S/C10H10N4O2S2/c11-7-3-8(12)14-10(13-7)17-4-5-1-2-6(18-5)9(15)16/h1-3H,4H2,(H,15,16)(H4,11,12,13,14). The maximum atomic E-state index is 10.7. The molecular weight excluding hydrogens is 272 g/mol. The van der Waals surface area contributed by atoms with Gasteiger partial charge in [-0.25, -0.2) is 14.8 Å². The summed E-state index contributed by atoms with van der Waals surface area (Å²) < 4.78 is 0.